The molecule has 4 rings (SSSR count). The van der Waals surface area contributed by atoms with Gasteiger partial charge in [0.05, 0.1) is 35.1 Å². The molecule has 12 heteroatoms. The first-order valence-electron chi connectivity index (χ1n) is 11.4. The van der Waals surface area contributed by atoms with Gasteiger partial charge in [0.1, 0.15) is 12.4 Å². The van der Waals surface area contributed by atoms with Crippen molar-refractivity contribution in [2.75, 3.05) is 50.6 Å². The molecule has 1 aromatic heterocycles. The fourth-order valence-electron chi connectivity index (χ4n) is 3.99. The maximum absolute atomic E-state index is 13.9. The minimum atomic E-state index is -4.50. The molecule has 37 heavy (non-hydrogen) atoms. The Morgan fingerprint density at radius 1 is 1.03 bits per heavy atom. The lowest BCUT2D eigenvalue weighted by atomic mass is 10.1. The topological polar surface area (TPSA) is 62.8 Å². The summed E-state index contributed by atoms with van der Waals surface area (Å²) in [7, 11) is 3.46. The fourth-order valence-corrected chi connectivity index (χ4v) is 4.52. The highest BCUT2D eigenvalue weighted by Gasteiger charge is 2.35. The number of hydrogen-bond acceptors (Lipinski definition) is 7. The van der Waals surface area contributed by atoms with Crippen molar-refractivity contribution in [1.29, 1.82) is 0 Å². The van der Waals surface area contributed by atoms with Gasteiger partial charge in [-0.2, -0.15) is 13.2 Å². The van der Waals surface area contributed by atoms with Crippen molar-refractivity contribution in [1.82, 2.24) is 14.9 Å². The van der Waals surface area contributed by atoms with Crippen LogP contribution in [0, 0.1) is 6.92 Å². The molecule has 3 aromatic rings. The van der Waals surface area contributed by atoms with Crippen LogP contribution in [0.5, 0.6) is 11.5 Å². The smallest absolute Gasteiger partial charge is 0.418 e. The number of aryl methyl sites for hydroxylation is 1. The summed E-state index contributed by atoms with van der Waals surface area (Å²) in [5.74, 6) is 0.940. The number of nitrogens with zero attached hydrogens (tertiary/aromatic N) is 4. The molecule has 2 heterocycles. The monoisotopic (exact) mass is 555 g/mol. The molecule has 1 aliphatic heterocycles. The summed E-state index contributed by atoms with van der Waals surface area (Å²) < 4.78 is 52.6. The maximum Gasteiger partial charge on any atom is 0.418 e. The first-order valence-corrected chi connectivity index (χ1v) is 12.2. The van der Waals surface area contributed by atoms with Crippen LogP contribution in [0.4, 0.5) is 30.5 Å². The van der Waals surface area contributed by atoms with E-state index in [9.17, 15) is 13.2 Å². The first-order chi connectivity index (χ1) is 17.6. The van der Waals surface area contributed by atoms with Crippen molar-refractivity contribution in [2.45, 2.75) is 19.7 Å². The standard InChI is InChI=1S/C25H26Cl2F3N5O2/c1-15-10-21(36-3)23(27)18(22(15)26)14-37-17-12-31-24(32-13-17)33-16-4-5-20(19(11-16)25(28,29)30)35-8-6-34(2)7-9-35/h4-5,10-13H,6-9,14H2,1-3H3,(H,31,32,33). The largest absolute Gasteiger partial charge is 0.495 e. The van der Waals surface area contributed by atoms with E-state index in [4.69, 9.17) is 32.7 Å². The third-order valence-electron chi connectivity index (χ3n) is 6.07. The molecule has 0 saturated carbocycles. The van der Waals surface area contributed by atoms with Crippen molar-refractivity contribution in [3.8, 4) is 11.5 Å². The van der Waals surface area contributed by atoms with Crippen LogP contribution in [0.15, 0.2) is 36.7 Å². The summed E-state index contributed by atoms with van der Waals surface area (Å²) in [5.41, 5.74) is 1.03. The zero-order chi connectivity index (χ0) is 26.7. The van der Waals surface area contributed by atoms with Gasteiger partial charge in [-0.1, -0.05) is 23.2 Å². The number of aromatic nitrogens is 2. The van der Waals surface area contributed by atoms with Crippen molar-refractivity contribution < 1.29 is 22.6 Å². The Morgan fingerprint density at radius 2 is 1.70 bits per heavy atom. The van der Waals surface area contributed by atoms with Gasteiger partial charge >= 0.3 is 6.18 Å². The normalized spacial score (nSPS) is 14.5. The molecule has 1 aliphatic rings. The molecule has 1 saturated heterocycles. The van der Waals surface area contributed by atoms with Crippen molar-refractivity contribution in [3.63, 3.8) is 0 Å². The highest BCUT2D eigenvalue weighted by Crippen LogP contribution is 2.39. The third kappa shape index (κ3) is 6.31. The second kappa shape index (κ2) is 11.2. The van der Waals surface area contributed by atoms with Crippen LogP contribution in [0.1, 0.15) is 16.7 Å². The molecule has 0 bridgehead atoms. The lowest BCUT2D eigenvalue weighted by Crippen LogP contribution is -2.45. The number of methoxy groups -OCH3 is 1. The summed E-state index contributed by atoms with van der Waals surface area (Å²) >= 11 is 12.7. The number of nitrogens with one attached hydrogen (secondary N) is 1. The predicted molar refractivity (Wildman–Crippen MR) is 139 cm³/mol. The van der Waals surface area contributed by atoms with Gasteiger partial charge in [0, 0.05) is 43.1 Å². The van der Waals surface area contributed by atoms with Crippen LogP contribution in [0.3, 0.4) is 0 Å². The number of benzene rings is 2. The van der Waals surface area contributed by atoms with E-state index >= 15 is 0 Å². The zero-order valence-electron chi connectivity index (χ0n) is 20.5. The second-order valence-electron chi connectivity index (χ2n) is 8.68. The second-order valence-corrected chi connectivity index (χ2v) is 9.43. The lowest BCUT2D eigenvalue weighted by Gasteiger charge is -2.35. The van der Waals surface area contributed by atoms with Gasteiger partial charge in [-0.3, -0.25) is 0 Å². The van der Waals surface area contributed by atoms with Gasteiger partial charge in [-0.15, -0.1) is 0 Å². The zero-order valence-corrected chi connectivity index (χ0v) is 22.0. The Labute approximate surface area is 223 Å². The van der Waals surface area contributed by atoms with Gasteiger partial charge in [0.15, 0.2) is 5.75 Å². The number of halogens is 5. The predicted octanol–water partition coefficient (Wildman–Crippen LogP) is 6.19. The molecule has 0 unspecified atom stereocenters. The molecular weight excluding hydrogens is 530 g/mol. The Balaban J connectivity index is 1.47. The van der Waals surface area contributed by atoms with Gasteiger partial charge in [0.2, 0.25) is 5.95 Å². The third-order valence-corrected chi connectivity index (χ3v) is 7.01. The lowest BCUT2D eigenvalue weighted by molar-refractivity contribution is -0.137. The van der Waals surface area contributed by atoms with Crippen LogP contribution >= 0.6 is 23.2 Å². The summed E-state index contributed by atoms with van der Waals surface area (Å²) in [4.78, 5) is 12.2. The van der Waals surface area contributed by atoms with Crippen LogP contribution in [0.25, 0.3) is 0 Å². The number of rotatable bonds is 7. The number of likely N-dealkylation sites (N-methyl/N-ethyl adjacent to an activating group) is 1. The number of piperazine rings is 1. The molecule has 198 valence electrons. The van der Waals surface area contributed by atoms with E-state index in [1.807, 2.05) is 14.0 Å². The van der Waals surface area contributed by atoms with E-state index in [0.29, 0.717) is 53.3 Å². The summed E-state index contributed by atoms with van der Waals surface area (Å²) in [6.07, 6.45) is -1.68. The fraction of sp³-hybridized carbons (Fsp3) is 0.360. The SMILES string of the molecule is COc1cc(C)c(Cl)c(COc2cnc(Nc3ccc(N4CCN(C)CC4)c(C(F)(F)F)c3)nc2)c1Cl. The number of hydrogen-bond donors (Lipinski definition) is 1. The molecule has 1 fully saturated rings. The number of ether oxygens (including phenoxy) is 2. The Hall–Kier alpha value is -2.95. The average Bonchev–Trinajstić information content (AvgIpc) is 2.87. The van der Waals surface area contributed by atoms with E-state index in [0.717, 1.165) is 11.6 Å². The number of anilines is 3. The van der Waals surface area contributed by atoms with Crippen LogP contribution < -0.4 is 19.7 Å². The highest BCUT2D eigenvalue weighted by atomic mass is 35.5. The highest BCUT2D eigenvalue weighted by molar-refractivity contribution is 6.37. The minimum absolute atomic E-state index is 0.0501. The van der Waals surface area contributed by atoms with Crippen molar-refractivity contribution >= 4 is 40.5 Å². The van der Waals surface area contributed by atoms with E-state index in [-0.39, 0.29) is 23.9 Å². The molecule has 0 amide bonds. The minimum Gasteiger partial charge on any atom is -0.495 e. The van der Waals surface area contributed by atoms with Crippen LogP contribution in [-0.2, 0) is 12.8 Å². The first kappa shape index (κ1) is 27.1. The van der Waals surface area contributed by atoms with Gasteiger partial charge in [-0.05, 0) is 43.8 Å². The van der Waals surface area contributed by atoms with E-state index in [1.54, 1.807) is 17.0 Å². The molecule has 2 aromatic carbocycles. The number of alkyl halides is 3. The molecule has 0 radical (unpaired) electrons. The Morgan fingerprint density at radius 3 is 2.32 bits per heavy atom. The summed E-state index contributed by atoms with van der Waals surface area (Å²) in [6, 6.07) is 5.89. The molecule has 1 N–H and O–H groups in total. The summed E-state index contributed by atoms with van der Waals surface area (Å²) in [6.45, 7) is 4.35. The molecular formula is C25H26Cl2F3N5O2. The quantitative estimate of drug-likeness (QED) is 0.372. The van der Waals surface area contributed by atoms with Crippen molar-refractivity contribution in [2.24, 2.45) is 0 Å². The van der Waals surface area contributed by atoms with Gasteiger partial charge < -0.3 is 24.6 Å². The van der Waals surface area contributed by atoms with E-state index in [2.05, 4.69) is 20.2 Å². The Kier molecular flexibility index (Phi) is 8.20. The van der Waals surface area contributed by atoms with E-state index in [1.165, 1.54) is 25.6 Å². The molecule has 7 nitrogen and oxygen atoms in total. The molecule has 0 spiro atoms. The van der Waals surface area contributed by atoms with Crippen LogP contribution in [-0.4, -0.2) is 55.2 Å². The summed E-state index contributed by atoms with van der Waals surface area (Å²) in [5, 5.41) is 3.64. The molecule has 0 aliphatic carbocycles. The van der Waals surface area contributed by atoms with E-state index < -0.39 is 11.7 Å². The van der Waals surface area contributed by atoms with Gasteiger partial charge in [-0.25, -0.2) is 9.97 Å². The average molecular weight is 556 g/mol. The van der Waals surface area contributed by atoms with Crippen LogP contribution in [0.2, 0.25) is 10.0 Å². The van der Waals surface area contributed by atoms with Crippen molar-refractivity contribution in [3.05, 3.63) is 63.4 Å². The Bertz CT molecular complexity index is 1250. The molecule has 0 atom stereocenters. The van der Waals surface area contributed by atoms with Gasteiger partial charge in [0.25, 0.3) is 0 Å². The maximum atomic E-state index is 13.9.